The third-order valence-electron chi connectivity index (χ3n) is 8.96. The van der Waals surface area contributed by atoms with Gasteiger partial charge in [-0.25, -0.2) is 4.68 Å². The lowest BCUT2D eigenvalue weighted by Gasteiger charge is -2.37. The number of nitrogens with zero attached hydrogens (tertiary/aromatic N) is 5. The maximum atomic E-state index is 12.9. The van der Waals surface area contributed by atoms with Gasteiger partial charge in [0.25, 0.3) is 5.56 Å². The van der Waals surface area contributed by atoms with Crippen molar-refractivity contribution >= 4 is 27.2 Å². The minimum atomic E-state index is -0.138. The van der Waals surface area contributed by atoms with Gasteiger partial charge in [-0.2, -0.15) is 10.4 Å². The molecular formula is C32H34N6O2S. The summed E-state index contributed by atoms with van der Waals surface area (Å²) < 4.78 is 2.56. The van der Waals surface area contributed by atoms with E-state index in [9.17, 15) is 15.2 Å². The fraction of sp³-hybridized carbons (Fsp3) is 0.438. The van der Waals surface area contributed by atoms with E-state index >= 15 is 0 Å². The van der Waals surface area contributed by atoms with E-state index in [4.69, 9.17) is 0 Å². The van der Waals surface area contributed by atoms with Crippen molar-refractivity contribution < 1.29 is 5.11 Å². The minimum Gasteiger partial charge on any atom is -0.395 e. The number of nitrogens with one attached hydrogen (secondary N) is 1. The molecule has 2 aliphatic heterocycles. The summed E-state index contributed by atoms with van der Waals surface area (Å²) in [6, 6.07) is 12.7. The molecule has 7 rings (SSSR count). The van der Waals surface area contributed by atoms with Crippen molar-refractivity contribution in [3.05, 3.63) is 74.6 Å². The first-order valence-electron chi connectivity index (χ1n) is 14.4. The van der Waals surface area contributed by atoms with Crippen LogP contribution in [0.2, 0.25) is 0 Å². The normalized spacial score (nSPS) is 23.3. The number of nitriles is 1. The van der Waals surface area contributed by atoms with Crippen LogP contribution in [0.1, 0.15) is 61.1 Å². The maximum Gasteiger partial charge on any atom is 0.267 e. The Bertz CT molecular complexity index is 1760. The lowest BCUT2D eigenvalue weighted by molar-refractivity contribution is 0.254. The highest BCUT2D eigenvalue weighted by molar-refractivity contribution is 7.19. The zero-order valence-corrected chi connectivity index (χ0v) is 24.4. The molecule has 0 bridgehead atoms. The molecule has 0 radical (unpaired) electrons. The third kappa shape index (κ3) is 4.64. The molecule has 8 nitrogen and oxygen atoms in total. The topological polar surface area (TPSA) is 107 Å². The third-order valence-corrected chi connectivity index (χ3v) is 10.1. The van der Waals surface area contributed by atoms with Gasteiger partial charge in [-0.05, 0) is 65.5 Å². The summed E-state index contributed by atoms with van der Waals surface area (Å²) in [5, 5.41) is 27.7. The van der Waals surface area contributed by atoms with E-state index in [-0.39, 0.29) is 23.6 Å². The Labute approximate surface area is 243 Å². The number of thiophene rings is 1. The quantitative estimate of drug-likeness (QED) is 0.369. The van der Waals surface area contributed by atoms with Crippen LogP contribution in [0, 0.1) is 17.2 Å². The molecule has 1 aliphatic carbocycles. The fourth-order valence-corrected chi connectivity index (χ4v) is 7.72. The number of aliphatic hydroxyl groups excluding tert-OH is 1. The largest absolute Gasteiger partial charge is 0.395 e. The summed E-state index contributed by atoms with van der Waals surface area (Å²) in [7, 11) is 0. The van der Waals surface area contributed by atoms with Gasteiger partial charge in [0, 0.05) is 59.1 Å². The van der Waals surface area contributed by atoms with E-state index in [0.29, 0.717) is 30.0 Å². The highest BCUT2D eigenvalue weighted by Gasteiger charge is 2.48. The van der Waals surface area contributed by atoms with Crippen molar-refractivity contribution in [2.75, 3.05) is 24.6 Å². The number of fused-ring (bicyclic) bond motifs is 4. The minimum absolute atomic E-state index is 0.111. The van der Waals surface area contributed by atoms with Gasteiger partial charge in [0.15, 0.2) is 0 Å². The summed E-state index contributed by atoms with van der Waals surface area (Å²) >= 11 is 1.64. The number of hydrogen-bond donors (Lipinski definition) is 2. The number of anilines is 1. The molecule has 1 aromatic carbocycles. The number of aromatic nitrogens is 3. The van der Waals surface area contributed by atoms with Crippen molar-refractivity contribution in [1.82, 2.24) is 20.1 Å². The van der Waals surface area contributed by atoms with Gasteiger partial charge in [-0.15, -0.1) is 11.3 Å². The molecule has 3 aromatic heterocycles. The summed E-state index contributed by atoms with van der Waals surface area (Å²) in [6.07, 6.45) is 5.69. The molecule has 0 unspecified atom stereocenters. The first-order valence-corrected chi connectivity index (χ1v) is 15.2. The van der Waals surface area contributed by atoms with E-state index in [0.717, 1.165) is 57.7 Å². The molecule has 9 heteroatoms. The Morgan fingerprint density at radius 3 is 2.78 bits per heavy atom. The molecule has 1 saturated heterocycles. The number of rotatable bonds is 5. The highest BCUT2D eigenvalue weighted by atomic mass is 32.1. The molecule has 0 amide bonds. The van der Waals surface area contributed by atoms with E-state index in [2.05, 4.69) is 65.3 Å². The average Bonchev–Trinajstić information content (AvgIpc) is 3.38. The predicted molar refractivity (Wildman–Crippen MR) is 162 cm³/mol. The Morgan fingerprint density at radius 1 is 1.20 bits per heavy atom. The molecule has 1 saturated carbocycles. The Kier molecular flexibility index (Phi) is 6.27. The van der Waals surface area contributed by atoms with E-state index in [1.54, 1.807) is 23.6 Å². The van der Waals surface area contributed by atoms with Crippen LogP contribution in [0.5, 0.6) is 0 Å². The van der Waals surface area contributed by atoms with E-state index in [1.165, 1.54) is 15.9 Å². The monoisotopic (exact) mass is 566 g/mol. The predicted octanol–water partition coefficient (Wildman–Crippen LogP) is 4.38. The molecule has 4 aromatic rings. The van der Waals surface area contributed by atoms with Crippen molar-refractivity contribution in [1.29, 1.82) is 5.26 Å². The van der Waals surface area contributed by atoms with Gasteiger partial charge in [-0.1, -0.05) is 20.8 Å². The summed E-state index contributed by atoms with van der Waals surface area (Å²) in [4.78, 5) is 21.1. The molecule has 0 spiro atoms. The zero-order chi connectivity index (χ0) is 28.5. The van der Waals surface area contributed by atoms with Gasteiger partial charge in [0.2, 0.25) is 0 Å². The second kappa shape index (κ2) is 9.76. The summed E-state index contributed by atoms with van der Waals surface area (Å²) in [5.41, 5.74) is 6.88. The first-order chi connectivity index (χ1) is 19.7. The lowest BCUT2D eigenvalue weighted by Crippen LogP contribution is -2.41. The SMILES string of the molecule is CC(C)(C)c1cnn(Cc2cc3nccc(-c4cc(C#N)cc5c4N([C@H]4CN[C@@H](CO)C4)C[C@H]4C[C@@H]54)c3s2)c(=O)c1. The van der Waals surface area contributed by atoms with Crippen LogP contribution >= 0.6 is 11.3 Å². The Morgan fingerprint density at radius 2 is 2.05 bits per heavy atom. The van der Waals surface area contributed by atoms with Gasteiger partial charge < -0.3 is 15.3 Å². The van der Waals surface area contributed by atoms with Gasteiger partial charge in [0.1, 0.15) is 0 Å². The maximum absolute atomic E-state index is 12.9. The van der Waals surface area contributed by atoms with E-state index in [1.807, 2.05) is 12.3 Å². The smallest absolute Gasteiger partial charge is 0.267 e. The van der Waals surface area contributed by atoms with Crippen LogP contribution in [0.15, 0.2) is 47.5 Å². The second-order valence-electron chi connectivity index (χ2n) is 12.8. The van der Waals surface area contributed by atoms with Gasteiger partial charge in [-0.3, -0.25) is 9.78 Å². The summed E-state index contributed by atoms with van der Waals surface area (Å²) in [5.74, 6) is 1.13. The van der Waals surface area contributed by atoms with Crippen molar-refractivity contribution in [3.63, 3.8) is 0 Å². The molecule has 41 heavy (non-hydrogen) atoms. The van der Waals surface area contributed by atoms with Crippen LogP contribution < -0.4 is 15.8 Å². The standard InChI is InChI=1S/C32H34N6O2S/c1-32(2,3)20-9-29(40)38(36-13-20)16-23-11-28-31(41-23)24(4-5-34-28)26-6-18(12-33)7-27-25-8-19(25)15-37(30(26)27)22-10-21(17-39)35-14-22/h4-7,9,11,13,19,21-22,25,35,39H,8,10,14-17H2,1-3H3/t19-,21-,22-,25-/m1/s1. The second-order valence-corrected chi connectivity index (χ2v) is 13.9. The van der Waals surface area contributed by atoms with Crippen LogP contribution in [-0.4, -0.2) is 51.7 Å². The Balaban J connectivity index is 1.32. The van der Waals surface area contributed by atoms with Crippen molar-refractivity contribution in [3.8, 4) is 17.2 Å². The number of benzene rings is 1. The molecule has 2 fully saturated rings. The fourth-order valence-electron chi connectivity index (χ4n) is 6.60. The first kappa shape index (κ1) is 26.3. The van der Waals surface area contributed by atoms with E-state index < -0.39 is 0 Å². The summed E-state index contributed by atoms with van der Waals surface area (Å²) in [6.45, 7) is 8.59. The molecule has 2 N–H and O–H groups in total. The number of aliphatic hydroxyl groups is 1. The van der Waals surface area contributed by atoms with Crippen LogP contribution in [0.3, 0.4) is 0 Å². The van der Waals surface area contributed by atoms with Crippen LogP contribution in [0.25, 0.3) is 21.3 Å². The zero-order valence-electron chi connectivity index (χ0n) is 23.6. The van der Waals surface area contributed by atoms with Crippen LogP contribution in [-0.2, 0) is 12.0 Å². The number of pyridine rings is 1. The van der Waals surface area contributed by atoms with Crippen molar-refractivity contribution in [2.24, 2.45) is 5.92 Å². The van der Waals surface area contributed by atoms with Crippen LogP contribution in [0.4, 0.5) is 5.69 Å². The average molecular weight is 567 g/mol. The molecule has 3 aliphatic rings. The molecule has 210 valence electrons. The van der Waals surface area contributed by atoms with Crippen molar-refractivity contribution in [2.45, 2.75) is 63.6 Å². The Hall–Kier alpha value is -3.58. The molecule has 4 atom stereocenters. The lowest BCUT2D eigenvalue weighted by atomic mass is 9.89. The van der Waals surface area contributed by atoms with Gasteiger partial charge in [0.05, 0.1) is 41.2 Å². The number of hydrogen-bond acceptors (Lipinski definition) is 8. The van der Waals surface area contributed by atoms with Gasteiger partial charge >= 0.3 is 0 Å². The highest BCUT2D eigenvalue weighted by Crippen LogP contribution is 2.58. The molecule has 5 heterocycles. The molecular weight excluding hydrogens is 532 g/mol.